The first-order valence-corrected chi connectivity index (χ1v) is 4.50. The van der Waals surface area contributed by atoms with Crippen molar-refractivity contribution in [2.75, 3.05) is 7.11 Å². The van der Waals surface area contributed by atoms with Gasteiger partial charge in [-0.2, -0.15) is 0 Å². The summed E-state index contributed by atoms with van der Waals surface area (Å²) in [6.07, 6.45) is 3.06. The molecule has 0 bridgehead atoms. The molecule has 66 valence electrons. The van der Waals surface area contributed by atoms with E-state index in [1.165, 1.54) is 18.4 Å². The van der Waals surface area contributed by atoms with Gasteiger partial charge in [-0.25, -0.2) is 0 Å². The van der Waals surface area contributed by atoms with Crippen molar-refractivity contribution >= 4 is 5.78 Å². The summed E-state index contributed by atoms with van der Waals surface area (Å²) >= 11 is 0. The van der Waals surface area contributed by atoms with Crippen molar-refractivity contribution in [1.82, 2.24) is 0 Å². The molecule has 1 unspecified atom stereocenters. The predicted molar refractivity (Wildman–Crippen MR) is 45.8 cm³/mol. The first kappa shape index (κ1) is 7.99. The minimum absolute atomic E-state index is 0.0769. The Morgan fingerprint density at radius 3 is 2.50 bits per heavy atom. The number of carbonyl (C=O) groups excluding carboxylic acids is 1. The minimum Gasteiger partial charge on any atom is -0.377 e. The number of rotatable bonds is 2. The Morgan fingerprint density at radius 2 is 2.08 bits per heavy atom. The van der Waals surface area contributed by atoms with Crippen LogP contribution in [-0.4, -0.2) is 19.0 Å². The number of ketones is 1. The van der Waals surface area contributed by atoms with Crippen LogP contribution in [0, 0.1) is 5.92 Å². The van der Waals surface area contributed by atoms with Gasteiger partial charge >= 0.3 is 0 Å². The minimum atomic E-state index is 0.0769. The van der Waals surface area contributed by atoms with E-state index < -0.39 is 0 Å². The first-order chi connectivity index (χ1) is 5.74. The summed E-state index contributed by atoms with van der Waals surface area (Å²) in [4.78, 5) is 11.5. The zero-order valence-corrected chi connectivity index (χ0v) is 7.59. The van der Waals surface area contributed by atoms with E-state index in [0.717, 1.165) is 5.57 Å². The van der Waals surface area contributed by atoms with Crippen LogP contribution < -0.4 is 0 Å². The second-order valence-electron chi connectivity index (χ2n) is 3.72. The molecular weight excluding hydrogens is 152 g/mol. The van der Waals surface area contributed by atoms with Crippen LogP contribution in [-0.2, 0) is 9.53 Å². The van der Waals surface area contributed by atoms with Gasteiger partial charge in [-0.1, -0.05) is 0 Å². The fraction of sp³-hybridized carbons (Fsp3) is 0.700. The van der Waals surface area contributed by atoms with Crippen molar-refractivity contribution in [3.8, 4) is 0 Å². The lowest BCUT2D eigenvalue weighted by molar-refractivity contribution is -0.116. The van der Waals surface area contributed by atoms with E-state index in [4.69, 9.17) is 4.74 Å². The summed E-state index contributed by atoms with van der Waals surface area (Å²) in [5.74, 6) is 0.902. The molecule has 0 aromatic rings. The summed E-state index contributed by atoms with van der Waals surface area (Å²) in [5, 5.41) is 0. The normalized spacial score (nSPS) is 30.2. The van der Waals surface area contributed by atoms with Gasteiger partial charge in [0, 0.05) is 13.5 Å². The maximum Gasteiger partial charge on any atom is 0.162 e. The topological polar surface area (TPSA) is 26.3 Å². The lowest BCUT2D eigenvalue weighted by Gasteiger charge is -2.07. The van der Waals surface area contributed by atoms with Crippen LogP contribution in [0.2, 0.25) is 0 Å². The summed E-state index contributed by atoms with van der Waals surface area (Å²) in [6, 6.07) is 0. The quantitative estimate of drug-likeness (QED) is 0.624. The third-order valence-electron chi connectivity index (χ3n) is 2.85. The summed E-state index contributed by atoms with van der Waals surface area (Å²) < 4.78 is 5.22. The van der Waals surface area contributed by atoms with Gasteiger partial charge in [0.2, 0.25) is 0 Å². The van der Waals surface area contributed by atoms with Crippen LogP contribution in [0.5, 0.6) is 0 Å². The van der Waals surface area contributed by atoms with E-state index >= 15 is 0 Å². The highest BCUT2D eigenvalue weighted by molar-refractivity contribution is 6.00. The van der Waals surface area contributed by atoms with E-state index in [0.29, 0.717) is 18.1 Å². The van der Waals surface area contributed by atoms with Gasteiger partial charge in [0.05, 0.1) is 6.10 Å². The maximum atomic E-state index is 11.5. The number of Topliss-reactive ketones (excluding diaryl/α,β-unsaturated/α-hetero) is 1. The van der Waals surface area contributed by atoms with Crippen molar-refractivity contribution < 1.29 is 9.53 Å². The molecule has 1 saturated carbocycles. The Hall–Kier alpha value is -0.630. The molecule has 2 aliphatic carbocycles. The average molecular weight is 166 g/mol. The van der Waals surface area contributed by atoms with E-state index in [9.17, 15) is 4.79 Å². The Kier molecular flexibility index (Phi) is 1.80. The largest absolute Gasteiger partial charge is 0.377 e. The molecule has 0 radical (unpaired) electrons. The van der Waals surface area contributed by atoms with Crippen molar-refractivity contribution in [3.63, 3.8) is 0 Å². The van der Waals surface area contributed by atoms with Crippen LogP contribution in [0.15, 0.2) is 11.1 Å². The van der Waals surface area contributed by atoms with Crippen molar-refractivity contribution in [1.29, 1.82) is 0 Å². The molecule has 12 heavy (non-hydrogen) atoms. The number of hydrogen-bond acceptors (Lipinski definition) is 2. The SMILES string of the molecule is COC1CC(=O)C(C2CC2)=C1C. The van der Waals surface area contributed by atoms with Gasteiger partial charge < -0.3 is 4.74 Å². The van der Waals surface area contributed by atoms with Crippen LogP contribution in [0.4, 0.5) is 0 Å². The van der Waals surface area contributed by atoms with E-state index in [-0.39, 0.29) is 6.10 Å². The molecule has 0 saturated heterocycles. The zero-order chi connectivity index (χ0) is 8.72. The molecule has 0 heterocycles. The molecule has 2 heteroatoms. The standard InChI is InChI=1S/C10H14O2/c1-6-9(12-2)5-8(11)10(6)7-3-4-7/h7,9H,3-5H2,1-2H3. The second-order valence-corrected chi connectivity index (χ2v) is 3.72. The summed E-state index contributed by atoms with van der Waals surface area (Å²) in [6.45, 7) is 2.03. The molecule has 2 aliphatic rings. The van der Waals surface area contributed by atoms with Crippen LogP contribution in [0.1, 0.15) is 26.2 Å². The highest BCUT2D eigenvalue weighted by Gasteiger charge is 2.38. The molecule has 0 aromatic carbocycles. The third-order valence-corrected chi connectivity index (χ3v) is 2.85. The van der Waals surface area contributed by atoms with Gasteiger partial charge in [-0.3, -0.25) is 4.79 Å². The third kappa shape index (κ3) is 1.11. The fourth-order valence-electron chi connectivity index (χ4n) is 2.01. The lowest BCUT2D eigenvalue weighted by Crippen LogP contribution is -2.08. The molecule has 0 N–H and O–H groups in total. The molecule has 2 rings (SSSR count). The first-order valence-electron chi connectivity index (χ1n) is 4.50. The van der Waals surface area contributed by atoms with Gasteiger partial charge in [0.1, 0.15) is 0 Å². The van der Waals surface area contributed by atoms with Gasteiger partial charge in [0.25, 0.3) is 0 Å². The summed E-state index contributed by atoms with van der Waals surface area (Å²) in [5.41, 5.74) is 2.27. The molecule has 0 aliphatic heterocycles. The average Bonchev–Trinajstić information content (AvgIpc) is 2.80. The number of methoxy groups -OCH3 is 1. The highest BCUT2D eigenvalue weighted by Crippen LogP contribution is 2.43. The molecule has 2 nitrogen and oxygen atoms in total. The van der Waals surface area contributed by atoms with Crippen LogP contribution >= 0.6 is 0 Å². The lowest BCUT2D eigenvalue weighted by atomic mass is 10.1. The van der Waals surface area contributed by atoms with Crippen molar-refractivity contribution in [2.24, 2.45) is 5.92 Å². The van der Waals surface area contributed by atoms with Crippen molar-refractivity contribution in [2.45, 2.75) is 32.3 Å². The van der Waals surface area contributed by atoms with Gasteiger partial charge in [-0.15, -0.1) is 0 Å². The highest BCUT2D eigenvalue weighted by atomic mass is 16.5. The van der Waals surface area contributed by atoms with Gasteiger partial charge in [-0.05, 0) is 36.8 Å². The molecule has 0 aromatic heterocycles. The Morgan fingerprint density at radius 1 is 1.42 bits per heavy atom. The van der Waals surface area contributed by atoms with E-state index in [1.54, 1.807) is 7.11 Å². The molecule has 0 amide bonds. The smallest absolute Gasteiger partial charge is 0.162 e. The van der Waals surface area contributed by atoms with E-state index in [2.05, 4.69) is 0 Å². The van der Waals surface area contributed by atoms with Crippen LogP contribution in [0.3, 0.4) is 0 Å². The van der Waals surface area contributed by atoms with Gasteiger partial charge in [0.15, 0.2) is 5.78 Å². The Balaban J connectivity index is 2.25. The number of hydrogen-bond donors (Lipinski definition) is 0. The zero-order valence-electron chi connectivity index (χ0n) is 7.59. The second kappa shape index (κ2) is 2.70. The molecule has 1 atom stereocenters. The fourth-order valence-corrected chi connectivity index (χ4v) is 2.01. The van der Waals surface area contributed by atoms with Crippen molar-refractivity contribution in [3.05, 3.63) is 11.1 Å². The predicted octanol–water partition coefficient (Wildman–Crippen LogP) is 1.70. The number of carbonyl (C=O) groups is 1. The summed E-state index contributed by atoms with van der Waals surface area (Å²) in [7, 11) is 1.68. The molecule has 1 fully saturated rings. The Labute approximate surface area is 72.6 Å². The number of allylic oxidation sites excluding steroid dienone is 1. The monoisotopic (exact) mass is 166 g/mol. The molecular formula is C10H14O2. The molecule has 0 spiro atoms. The van der Waals surface area contributed by atoms with E-state index in [1.807, 2.05) is 6.92 Å². The van der Waals surface area contributed by atoms with Crippen LogP contribution in [0.25, 0.3) is 0 Å². The Bertz CT molecular complexity index is 249. The number of ether oxygens (including phenoxy) is 1. The maximum absolute atomic E-state index is 11.5.